The number of halogens is 1. The quantitative estimate of drug-likeness (QED) is 0.765. The molecule has 1 aliphatic heterocycles. The van der Waals surface area contributed by atoms with E-state index in [2.05, 4.69) is 9.59 Å². The molecular weight excluding hydrogens is 246 g/mol. The van der Waals surface area contributed by atoms with Crippen molar-refractivity contribution >= 4 is 29.0 Å². The number of nitrogens with zero attached hydrogens (tertiary/aromatic N) is 3. The van der Waals surface area contributed by atoms with Gasteiger partial charge in [0.15, 0.2) is 0 Å². The van der Waals surface area contributed by atoms with Crippen molar-refractivity contribution in [3.63, 3.8) is 0 Å². The summed E-state index contributed by atoms with van der Waals surface area (Å²) in [7, 11) is 0. The molecule has 88 valence electrons. The molecule has 0 saturated carbocycles. The summed E-state index contributed by atoms with van der Waals surface area (Å²) in [5.74, 6) is 0.542. The van der Waals surface area contributed by atoms with E-state index in [-0.39, 0.29) is 11.9 Å². The van der Waals surface area contributed by atoms with Crippen molar-refractivity contribution in [1.29, 1.82) is 0 Å². The summed E-state index contributed by atoms with van der Waals surface area (Å²) in [5, 5.41) is 3.70. The molecule has 16 heavy (non-hydrogen) atoms. The minimum atomic E-state index is 0.0301. The fourth-order valence-electron chi connectivity index (χ4n) is 2.01. The Bertz CT molecular complexity index is 344. The van der Waals surface area contributed by atoms with E-state index in [0.29, 0.717) is 10.8 Å². The first-order valence-corrected chi connectivity index (χ1v) is 6.78. The summed E-state index contributed by atoms with van der Waals surface area (Å²) in [4.78, 5) is 14.7. The van der Waals surface area contributed by atoms with Crippen molar-refractivity contribution in [2.75, 3.05) is 12.4 Å². The van der Waals surface area contributed by atoms with E-state index in [0.717, 1.165) is 37.3 Å². The molecule has 0 aliphatic carbocycles. The molecule has 0 aromatic carbocycles. The highest BCUT2D eigenvalue weighted by molar-refractivity contribution is 7.07. The van der Waals surface area contributed by atoms with Crippen LogP contribution in [0.15, 0.2) is 6.20 Å². The molecule has 1 fully saturated rings. The largest absolute Gasteiger partial charge is 0.334 e. The number of carbonyl (C=O) groups is 1. The number of hydrogen-bond donors (Lipinski definition) is 0. The number of hydrogen-bond acceptors (Lipinski definition) is 4. The summed E-state index contributed by atoms with van der Waals surface area (Å²) in [5.41, 5.74) is 0. The lowest BCUT2D eigenvalue weighted by atomic mass is 10.1. The summed E-state index contributed by atoms with van der Waals surface area (Å²) in [6, 6.07) is 0.166. The molecule has 0 radical (unpaired) electrons. The highest BCUT2D eigenvalue weighted by Crippen LogP contribution is 2.20. The highest BCUT2D eigenvalue weighted by Gasteiger charge is 2.26. The van der Waals surface area contributed by atoms with E-state index in [1.54, 1.807) is 0 Å². The highest BCUT2D eigenvalue weighted by atomic mass is 35.5. The topological polar surface area (TPSA) is 46.1 Å². The van der Waals surface area contributed by atoms with Gasteiger partial charge in [0.2, 0.25) is 0 Å². The first kappa shape index (κ1) is 11.8. The number of rotatable bonds is 2. The molecule has 1 aromatic heterocycles. The van der Waals surface area contributed by atoms with E-state index in [4.69, 9.17) is 11.6 Å². The second-order valence-electron chi connectivity index (χ2n) is 3.94. The number of likely N-dealkylation sites (tertiary alicyclic amines) is 1. The molecule has 1 saturated heterocycles. The maximum Gasteiger partial charge on any atom is 0.267 e. The van der Waals surface area contributed by atoms with Crippen LogP contribution in [-0.4, -0.2) is 38.9 Å². The van der Waals surface area contributed by atoms with Gasteiger partial charge in [0.25, 0.3) is 5.91 Å². The molecule has 0 bridgehead atoms. The van der Waals surface area contributed by atoms with E-state index < -0.39 is 0 Å². The SMILES string of the molecule is O=C(c1cnns1)N1CCCCCC1CCl. The van der Waals surface area contributed by atoms with Crippen LogP contribution in [0, 0.1) is 0 Å². The van der Waals surface area contributed by atoms with Gasteiger partial charge in [-0.2, -0.15) is 0 Å². The molecular formula is C10H14ClN3OS. The Morgan fingerprint density at radius 1 is 1.56 bits per heavy atom. The number of aromatic nitrogens is 2. The predicted molar refractivity (Wildman–Crippen MR) is 63.9 cm³/mol. The van der Waals surface area contributed by atoms with Gasteiger partial charge in [-0.05, 0) is 24.4 Å². The van der Waals surface area contributed by atoms with Crippen LogP contribution >= 0.6 is 23.1 Å². The number of carbonyl (C=O) groups excluding carboxylic acids is 1. The zero-order valence-corrected chi connectivity index (χ0v) is 10.5. The third-order valence-electron chi connectivity index (χ3n) is 2.89. The Balaban J connectivity index is 2.13. The number of alkyl halides is 1. The predicted octanol–water partition coefficient (Wildman–Crippen LogP) is 2.16. The summed E-state index contributed by atoms with van der Waals surface area (Å²) >= 11 is 7.08. The van der Waals surface area contributed by atoms with E-state index in [1.165, 1.54) is 12.6 Å². The fourth-order valence-corrected chi connectivity index (χ4v) is 2.80. The monoisotopic (exact) mass is 259 g/mol. The summed E-state index contributed by atoms with van der Waals surface area (Å²) in [6.45, 7) is 0.800. The van der Waals surface area contributed by atoms with Crippen LogP contribution in [0.3, 0.4) is 0 Å². The lowest BCUT2D eigenvalue weighted by molar-refractivity contribution is 0.0705. The average molecular weight is 260 g/mol. The van der Waals surface area contributed by atoms with Gasteiger partial charge in [0, 0.05) is 18.5 Å². The van der Waals surface area contributed by atoms with Gasteiger partial charge in [-0.3, -0.25) is 4.79 Å². The summed E-state index contributed by atoms with van der Waals surface area (Å²) in [6.07, 6.45) is 5.93. The van der Waals surface area contributed by atoms with Gasteiger partial charge >= 0.3 is 0 Å². The molecule has 1 unspecified atom stereocenters. The van der Waals surface area contributed by atoms with Gasteiger partial charge in [0.1, 0.15) is 4.88 Å². The zero-order valence-electron chi connectivity index (χ0n) is 8.93. The minimum Gasteiger partial charge on any atom is -0.334 e. The first-order chi connectivity index (χ1) is 7.83. The Morgan fingerprint density at radius 2 is 2.44 bits per heavy atom. The van der Waals surface area contributed by atoms with Crippen molar-refractivity contribution in [2.45, 2.75) is 31.7 Å². The molecule has 0 spiro atoms. The Kier molecular flexibility index (Phi) is 4.12. The molecule has 1 amide bonds. The van der Waals surface area contributed by atoms with Crippen LogP contribution in [0.4, 0.5) is 0 Å². The van der Waals surface area contributed by atoms with E-state index in [1.807, 2.05) is 4.90 Å². The van der Waals surface area contributed by atoms with Crippen LogP contribution in [0.5, 0.6) is 0 Å². The van der Waals surface area contributed by atoms with Gasteiger partial charge in [0.05, 0.1) is 6.20 Å². The maximum absolute atomic E-state index is 12.2. The van der Waals surface area contributed by atoms with Crippen molar-refractivity contribution in [3.05, 3.63) is 11.1 Å². The van der Waals surface area contributed by atoms with Gasteiger partial charge in [-0.25, -0.2) is 0 Å². The number of amides is 1. The van der Waals surface area contributed by atoms with Gasteiger partial charge in [-0.15, -0.1) is 16.7 Å². The second-order valence-corrected chi connectivity index (χ2v) is 5.03. The zero-order chi connectivity index (χ0) is 11.4. The first-order valence-electron chi connectivity index (χ1n) is 5.47. The lowest BCUT2D eigenvalue weighted by Gasteiger charge is -2.27. The van der Waals surface area contributed by atoms with Crippen molar-refractivity contribution < 1.29 is 4.79 Å². The molecule has 6 heteroatoms. The average Bonchev–Trinajstić information content (AvgIpc) is 2.73. The smallest absolute Gasteiger partial charge is 0.267 e. The Labute approximate surface area is 104 Å². The lowest BCUT2D eigenvalue weighted by Crippen LogP contribution is -2.40. The van der Waals surface area contributed by atoms with Gasteiger partial charge in [-0.1, -0.05) is 17.3 Å². The molecule has 0 N–H and O–H groups in total. The Morgan fingerprint density at radius 3 is 3.12 bits per heavy atom. The normalized spacial score (nSPS) is 21.8. The Hall–Kier alpha value is -0.680. The third-order valence-corrected chi connectivity index (χ3v) is 3.90. The van der Waals surface area contributed by atoms with E-state index >= 15 is 0 Å². The summed E-state index contributed by atoms with van der Waals surface area (Å²) < 4.78 is 3.72. The molecule has 1 aliphatic rings. The van der Waals surface area contributed by atoms with Crippen molar-refractivity contribution in [3.8, 4) is 0 Å². The standard InChI is InChI=1S/C10H14ClN3OS/c11-6-8-4-2-1-3-5-14(8)10(15)9-7-12-13-16-9/h7-8H,1-6H2. The van der Waals surface area contributed by atoms with Crippen molar-refractivity contribution in [1.82, 2.24) is 14.5 Å². The molecule has 2 heterocycles. The van der Waals surface area contributed by atoms with E-state index in [9.17, 15) is 4.79 Å². The minimum absolute atomic E-state index is 0.0301. The fraction of sp³-hybridized carbons (Fsp3) is 0.700. The second kappa shape index (κ2) is 5.59. The molecule has 2 rings (SSSR count). The van der Waals surface area contributed by atoms with Crippen LogP contribution < -0.4 is 0 Å². The molecule has 1 atom stereocenters. The van der Waals surface area contributed by atoms with Crippen LogP contribution in [0.2, 0.25) is 0 Å². The van der Waals surface area contributed by atoms with Crippen LogP contribution in [-0.2, 0) is 0 Å². The van der Waals surface area contributed by atoms with Crippen LogP contribution in [0.25, 0.3) is 0 Å². The molecule has 4 nitrogen and oxygen atoms in total. The van der Waals surface area contributed by atoms with Gasteiger partial charge < -0.3 is 4.90 Å². The molecule has 1 aromatic rings. The van der Waals surface area contributed by atoms with Crippen LogP contribution in [0.1, 0.15) is 35.4 Å². The maximum atomic E-state index is 12.2. The van der Waals surface area contributed by atoms with Crippen molar-refractivity contribution in [2.24, 2.45) is 0 Å². The third kappa shape index (κ3) is 2.52.